The highest BCUT2D eigenvalue weighted by molar-refractivity contribution is 7.09. The van der Waals surface area contributed by atoms with Gasteiger partial charge in [0, 0.05) is 29.8 Å². The van der Waals surface area contributed by atoms with Crippen LogP contribution >= 0.6 is 22.7 Å². The van der Waals surface area contributed by atoms with Crippen LogP contribution in [0.25, 0.3) is 0 Å². The predicted octanol–water partition coefficient (Wildman–Crippen LogP) is 3.71. The van der Waals surface area contributed by atoms with Crippen molar-refractivity contribution in [2.75, 3.05) is 13.1 Å². The minimum Gasteiger partial charge on any atom is -0.332 e. The van der Waals surface area contributed by atoms with Gasteiger partial charge in [-0.25, -0.2) is 14.8 Å². The Morgan fingerprint density at radius 2 is 2.08 bits per heavy atom. The van der Waals surface area contributed by atoms with E-state index in [2.05, 4.69) is 15.3 Å². The van der Waals surface area contributed by atoms with E-state index >= 15 is 0 Å². The molecule has 1 aliphatic heterocycles. The molecule has 0 atom stereocenters. The molecule has 3 rings (SSSR count). The summed E-state index contributed by atoms with van der Waals surface area (Å²) in [6.45, 7) is 1.40. The van der Waals surface area contributed by atoms with E-state index in [1.54, 1.807) is 10.4 Å². The minimum absolute atomic E-state index is 0.0197. The van der Waals surface area contributed by atoms with E-state index in [4.69, 9.17) is 0 Å². The third kappa shape index (κ3) is 4.04. The first kappa shape index (κ1) is 17.2. The summed E-state index contributed by atoms with van der Waals surface area (Å²) < 4.78 is 37.8. The van der Waals surface area contributed by atoms with Crippen molar-refractivity contribution in [2.45, 2.75) is 31.5 Å². The van der Waals surface area contributed by atoms with Crippen molar-refractivity contribution in [3.8, 4) is 0 Å². The van der Waals surface area contributed by atoms with Gasteiger partial charge in [-0.3, -0.25) is 0 Å². The van der Waals surface area contributed by atoms with Crippen LogP contribution in [-0.4, -0.2) is 34.0 Å². The van der Waals surface area contributed by atoms with Gasteiger partial charge >= 0.3 is 12.2 Å². The van der Waals surface area contributed by atoms with E-state index in [0.29, 0.717) is 37.5 Å². The Morgan fingerprint density at radius 3 is 2.67 bits per heavy atom. The van der Waals surface area contributed by atoms with Gasteiger partial charge in [-0.2, -0.15) is 13.2 Å². The second-order valence-corrected chi connectivity index (χ2v) is 7.08. The SMILES string of the molecule is O=C(NCc1cscn1)N1CCC(c2nc(C(F)(F)F)cs2)CC1. The summed E-state index contributed by atoms with van der Waals surface area (Å²) in [6, 6.07) is -0.170. The third-order valence-corrected chi connectivity index (χ3v) is 5.49. The Kier molecular flexibility index (Phi) is 5.04. The fourth-order valence-electron chi connectivity index (χ4n) is 2.54. The van der Waals surface area contributed by atoms with Crippen molar-refractivity contribution in [3.63, 3.8) is 0 Å². The first-order valence-corrected chi connectivity index (χ1v) is 9.18. The molecule has 0 unspecified atom stereocenters. The molecule has 0 aliphatic carbocycles. The lowest BCUT2D eigenvalue weighted by Crippen LogP contribution is -2.43. The molecule has 10 heteroatoms. The van der Waals surface area contributed by atoms with Gasteiger partial charge in [0.2, 0.25) is 0 Å². The number of hydrogen-bond donors (Lipinski definition) is 1. The number of thiazole rings is 2. The molecule has 1 fully saturated rings. The molecule has 0 saturated carbocycles. The Hall–Kier alpha value is -1.68. The molecular formula is C14H15F3N4OS2. The van der Waals surface area contributed by atoms with Crippen LogP contribution < -0.4 is 5.32 Å². The number of halogens is 3. The fraction of sp³-hybridized carbons (Fsp3) is 0.500. The van der Waals surface area contributed by atoms with Crippen LogP contribution in [0.5, 0.6) is 0 Å². The Balaban J connectivity index is 1.50. The Labute approximate surface area is 144 Å². The molecule has 1 aliphatic rings. The minimum atomic E-state index is -4.40. The number of rotatable bonds is 3. The van der Waals surface area contributed by atoms with Gasteiger partial charge in [0.05, 0.1) is 22.8 Å². The molecule has 5 nitrogen and oxygen atoms in total. The van der Waals surface area contributed by atoms with Crippen LogP contribution in [0.15, 0.2) is 16.3 Å². The maximum Gasteiger partial charge on any atom is 0.434 e. The zero-order chi connectivity index (χ0) is 17.2. The number of carbonyl (C=O) groups excluding carboxylic acids is 1. The summed E-state index contributed by atoms with van der Waals surface area (Å²) >= 11 is 2.51. The van der Waals surface area contributed by atoms with E-state index in [9.17, 15) is 18.0 Å². The lowest BCUT2D eigenvalue weighted by atomic mass is 9.98. The molecule has 1 saturated heterocycles. The highest BCUT2D eigenvalue weighted by atomic mass is 32.1. The van der Waals surface area contributed by atoms with Crippen molar-refractivity contribution in [1.82, 2.24) is 20.2 Å². The van der Waals surface area contributed by atoms with Crippen molar-refractivity contribution in [3.05, 3.63) is 32.7 Å². The molecule has 0 radical (unpaired) electrons. The second kappa shape index (κ2) is 7.06. The van der Waals surface area contributed by atoms with Crippen LogP contribution in [-0.2, 0) is 12.7 Å². The molecule has 3 heterocycles. The van der Waals surface area contributed by atoms with Crippen LogP contribution in [0.1, 0.15) is 35.2 Å². The molecule has 2 aromatic heterocycles. The quantitative estimate of drug-likeness (QED) is 0.889. The zero-order valence-corrected chi connectivity index (χ0v) is 14.2. The molecular weight excluding hydrogens is 361 g/mol. The molecule has 0 spiro atoms. The number of piperidine rings is 1. The first-order valence-electron chi connectivity index (χ1n) is 7.36. The van der Waals surface area contributed by atoms with Gasteiger partial charge in [-0.15, -0.1) is 22.7 Å². The highest BCUT2D eigenvalue weighted by Gasteiger charge is 2.35. The van der Waals surface area contributed by atoms with Crippen LogP contribution in [0.2, 0.25) is 0 Å². The van der Waals surface area contributed by atoms with Gasteiger partial charge in [0.25, 0.3) is 0 Å². The summed E-state index contributed by atoms with van der Waals surface area (Å²) in [6.07, 6.45) is -3.16. The van der Waals surface area contributed by atoms with Crippen LogP contribution in [0.3, 0.4) is 0 Å². The largest absolute Gasteiger partial charge is 0.434 e. The second-order valence-electron chi connectivity index (χ2n) is 5.47. The molecule has 0 bridgehead atoms. The van der Waals surface area contributed by atoms with Gasteiger partial charge in [0.15, 0.2) is 5.69 Å². The van der Waals surface area contributed by atoms with Gasteiger partial charge in [-0.1, -0.05) is 0 Å². The van der Waals surface area contributed by atoms with E-state index < -0.39 is 11.9 Å². The summed E-state index contributed by atoms with van der Waals surface area (Å²) in [7, 11) is 0. The molecule has 24 heavy (non-hydrogen) atoms. The fourth-order valence-corrected chi connectivity index (χ4v) is 4.09. The molecule has 130 valence electrons. The molecule has 0 aromatic carbocycles. The summed E-state index contributed by atoms with van der Waals surface area (Å²) in [4.78, 5) is 21.6. The lowest BCUT2D eigenvalue weighted by molar-refractivity contribution is -0.140. The Morgan fingerprint density at radius 1 is 1.33 bits per heavy atom. The normalized spacial score (nSPS) is 16.4. The Bertz CT molecular complexity index is 679. The van der Waals surface area contributed by atoms with E-state index in [1.165, 1.54) is 11.3 Å². The first-order chi connectivity index (χ1) is 11.4. The summed E-state index contributed by atoms with van der Waals surface area (Å²) in [5.41, 5.74) is 1.69. The van der Waals surface area contributed by atoms with Crippen LogP contribution in [0.4, 0.5) is 18.0 Å². The standard InChI is InChI=1S/C14H15F3N4OS2/c15-14(16,17)11-7-24-12(20-11)9-1-3-21(4-2-9)13(22)18-5-10-6-23-8-19-10/h6-9H,1-5H2,(H,18,22). The van der Waals surface area contributed by atoms with Gasteiger partial charge in [0.1, 0.15) is 0 Å². The third-order valence-electron chi connectivity index (χ3n) is 3.85. The van der Waals surface area contributed by atoms with Crippen molar-refractivity contribution in [2.24, 2.45) is 0 Å². The average molecular weight is 376 g/mol. The smallest absolute Gasteiger partial charge is 0.332 e. The number of likely N-dealkylation sites (tertiary alicyclic amines) is 1. The van der Waals surface area contributed by atoms with E-state index in [0.717, 1.165) is 22.4 Å². The predicted molar refractivity (Wildman–Crippen MR) is 85.0 cm³/mol. The van der Waals surface area contributed by atoms with Crippen molar-refractivity contribution >= 4 is 28.7 Å². The maximum atomic E-state index is 12.6. The van der Waals surface area contributed by atoms with Crippen molar-refractivity contribution in [1.29, 1.82) is 0 Å². The number of nitrogens with zero attached hydrogens (tertiary/aromatic N) is 3. The number of alkyl halides is 3. The summed E-state index contributed by atoms with van der Waals surface area (Å²) in [5, 5.41) is 6.23. The van der Waals surface area contributed by atoms with Gasteiger partial charge < -0.3 is 10.2 Å². The van der Waals surface area contributed by atoms with Crippen LogP contribution in [0, 0.1) is 0 Å². The molecule has 2 aromatic rings. The zero-order valence-electron chi connectivity index (χ0n) is 12.5. The number of carbonyl (C=O) groups is 1. The maximum absolute atomic E-state index is 12.6. The number of amides is 2. The highest BCUT2D eigenvalue weighted by Crippen LogP contribution is 2.35. The lowest BCUT2D eigenvalue weighted by Gasteiger charge is -2.31. The monoisotopic (exact) mass is 376 g/mol. The summed E-state index contributed by atoms with van der Waals surface area (Å²) in [5.74, 6) is -0.0197. The molecule has 1 N–H and O–H groups in total. The number of urea groups is 1. The van der Waals surface area contributed by atoms with E-state index in [1.807, 2.05) is 5.38 Å². The number of hydrogen-bond acceptors (Lipinski definition) is 5. The van der Waals surface area contributed by atoms with Crippen molar-refractivity contribution < 1.29 is 18.0 Å². The van der Waals surface area contributed by atoms with E-state index in [-0.39, 0.29) is 11.9 Å². The average Bonchev–Trinajstić information content (AvgIpc) is 3.23. The molecule has 2 amide bonds. The topological polar surface area (TPSA) is 58.1 Å². The number of aromatic nitrogens is 2. The number of nitrogens with one attached hydrogen (secondary N) is 1. The van der Waals surface area contributed by atoms with Gasteiger partial charge in [-0.05, 0) is 12.8 Å².